The Labute approximate surface area is 120 Å². The molecule has 0 bridgehead atoms. The van der Waals surface area contributed by atoms with Gasteiger partial charge in [-0.3, -0.25) is 0 Å². The molecule has 2 nitrogen and oxygen atoms in total. The molecule has 2 N–H and O–H groups in total. The summed E-state index contributed by atoms with van der Waals surface area (Å²) in [5.41, 5.74) is 9.21. The number of halogens is 1. The van der Waals surface area contributed by atoms with Crippen molar-refractivity contribution in [2.45, 2.75) is 6.92 Å². The smallest absolute Gasteiger partial charge is 0.181 e. The molecule has 0 aliphatic heterocycles. The van der Waals surface area contributed by atoms with E-state index < -0.39 is 0 Å². The molecule has 1 aromatic heterocycles. The molecule has 0 aliphatic rings. The lowest BCUT2D eigenvalue weighted by Gasteiger charge is -2.04. The molecule has 0 spiro atoms. The van der Waals surface area contributed by atoms with Crippen LogP contribution in [0.5, 0.6) is 0 Å². The highest BCUT2D eigenvalue weighted by molar-refractivity contribution is 7.19. The van der Waals surface area contributed by atoms with E-state index in [4.69, 9.17) is 5.73 Å². The van der Waals surface area contributed by atoms with E-state index in [1.807, 2.05) is 37.3 Å². The summed E-state index contributed by atoms with van der Waals surface area (Å²) in [7, 11) is 0. The fourth-order valence-corrected chi connectivity index (χ4v) is 2.95. The molecule has 0 saturated carbocycles. The van der Waals surface area contributed by atoms with Crippen molar-refractivity contribution in [1.82, 2.24) is 4.98 Å². The summed E-state index contributed by atoms with van der Waals surface area (Å²) in [5.74, 6) is -0.260. The molecule has 1 heterocycles. The molecule has 100 valence electrons. The van der Waals surface area contributed by atoms with Crippen LogP contribution in [-0.2, 0) is 0 Å². The minimum atomic E-state index is -0.260. The second kappa shape index (κ2) is 5.06. The predicted octanol–water partition coefficient (Wildman–Crippen LogP) is 4.51. The van der Waals surface area contributed by atoms with Gasteiger partial charge in [0.2, 0.25) is 0 Å². The maximum Gasteiger partial charge on any atom is 0.181 e. The molecular formula is C16H13FN2S. The molecule has 3 aromatic rings. The van der Waals surface area contributed by atoms with Crippen LogP contribution in [0.1, 0.15) is 5.56 Å². The molecule has 0 unspecified atom stereocenters. The van der Waals surface area contributed by atoms with E-state index in [2.05, 4.69) is 4.98 Å². The van der Waals surface area contributed by atoms with Crippen molar-refractivity contribution >= 4 is 16.5 Å². The molecule has 3 rings (SSSR count). The van der Waals surface area contributed by atoms with Crippen LogP contribution in [0.2, 0.25) is 0 Å². The number of rotatable bonds is 2. The van der Waals surface area contributed by atoms with Gasteiger partial charge in [-0.05, 0) is 13.0 Å². The Bertz CT molecular complexity index is 747. The van der Waals surface area contributed by atoms with Crippen LogP contribution in [-0.4, -0.2) is 4.98 Å². The van der Waals surface area contributed by atoms with Crippen LogP contribution in [0.25, 0.3) is 21.7 Å². The quantitative estimate of drug-likeness (QED) is 0.752. The number of nitrogen functional groups attached to an aromatic ring is 1. The summed E-state index contributed by atoms with van der Waals surface area (Å²) in [4.78, 5) is 5.13. The third-order valence-corrected chi connectivity index (χ3v) is 4.01. The maximum atomic E-state index is 14.0. The van der Waals surface area contributed by atoms with Gasteiger partial charge >= 0.3 is 0 Å². The molecular weight excluding hydrogens is 271 g/mol. The summed E-state index contributed by atoms with van der Waals surface area (Å²) < 4.78 is 14.0. The third kappa shape index (κ3) is 2.30. The average molecular weight is 284 g/mol. The van der Waals surface area contributed by atoms with Gasteiger partial charge in [-0.25, -0.2) is 9.37 Å². The average Bonchev–Trinajstić information content (AvgIpc) is 2.82. The topological polar surface area (TPSA) is 38.9 Å². The Morgan fingerprint density at radius 1 is 1.05 bits per heavy atom. The van der Waals surface area contributed by atoms with Crippen LogP contribution in [0.15, 0.2) is 48.5 Å². The van der Waals surface area contributed by atoms with Gasteiger partial charge in [0.05, 0.1) is 10.6 Å². The summed E-state index contributed by atoms with van der Waals surface area (Å²) in [6, 6.07) is 14.7. The highest BCUT2D eigenvalue weighted by Crippen LogP contribution is 2.38. The first-order valence-corrected chi connectivity index (χ1v) is 7.05. The van der Waals surface area contributed by atoms with Crippen molar-refractivity contribution in [1.29, 1.82) is 0 Å². The van der Waals surface area contributed by atoms with Gasteiger partial charge < -0.3 is 5.73 Å². The van der Waals surface area contributed by atoms with E-state index >= 15 is 0 Å². The van der Waals surface area contributed by atoms with Crippen molar-refractivity contribution < 1.29 is 4.39 Å². The predicted molar refractivity (Wildman–Crippen MR) is 82.1 cm³/mol. The van der Waals surface area contributed by atoms with Crippen molar-refractivity contribution in [2.24, 2.45) is 0 Å². The van der Waals surface area contributed by atoms with Crippen molar-refractivity contribution in [3.05, 3.63) is 59.9 Å². The minimum absolute atomic E-state index is 0.260. The number of aryl methyl sites for hydroxylation is 1. The van der Waals surface area contributed by atoms with Gasteiger partial charge in [0.1, 0.15) is 5.82 Å². The zero-order chi connectivity index (χ0) is 14.1. The molecule has 0 saturated heterocycles. The number of aromatic nitrogens is 1. The van der Waals surface area contributed by atoms with Crippen LogP contribution in [0.3, 0.4) is 0 Å². The van der Waals surface area contributed by atoms with Gasteiger partial charge in [-0.2, -0.15) is 0 Å². The summed E-state index contributed by atoms with van der Waals surface area (Å²) in [5, 5.41) is 0.443. The van der Waals surface area contributed by atoms with E-state index in [9.17, 15) is 4.39 Å². The SMILES string of the molecule is Cc1ccc(-c2nc(N)sc2-c2ccccc2F)cc1. The first kappa shape index (κ1) is 12.8. The van der Waals surface area contributed by atoms with E-state index in [0.717, 1.165) is 16.1 Å². The first-order chi connectivity index (χ1) is 9.65. The van der Waals surface area contributed by atoms with E-state index in [-0.39, 0.29) is 5.82 Å². The van der Waals surface area contributed by atoms with Crippen LogP contribution < -0.4 is 5.73 Å². The van der Waals surface area contributed by atoms with E-state index in [1.165, 1.54) is 23.0 Å². The third-order valence-electron chi connectivity index (χ3n) is 3.09. The lowest BCUT2D eigenvalue weighted by atomic mass is 10.1. The normalized spacial score (nSPS) is 10.7. The minimum Gasteiger partial charge on any atom is -0.375 e. The number of hydrogen-bond acceptors (Lipinski definition) is 3. The molecule has 0 amide bonds. The number of anilines is 1. The molecule has 0 aliphatic carbocycles. The fourth-order valence-electron chi connectivity index (χ4n) is 2.07. The standard InChI is InChI=1S/C16H13FN2S/c1-10-6-8-11(9-7-10)14-15(20-16(18)19-14)12-4-2-3-5-13(12)17/h2-9H,1H3,(H2,18,19). The van der Waals surface area contributed by atoms with Crippen LogP contribution >= 0.6 is 11.3 Å². The zero-order valence-electron chi connectivity index (χ0n) is 10.9. The maximum absolute atomic E-state index is 14.0. The van der Waals surface area contributed by atoms with Gasteiger partial charge in [-0.1, -0.05) is 59.4 Å². The van der Waals surface area contributed by atoms with Gasteiger partial charge in [0.15, 0.2) is 5.13 Å². The molecule has 0 radical (unpaired) electrons. The first-order valence-electron chi connectivity index (χ1n) is 6.23. The second-order valence-electron chi connectivity index (χ2n) is 4.58. The van der Waals surface area contributed by atoms with Gasteiger partial charge in [0, 0.05) is 11.1 Å². The second-order valence-corrected chi connectivity index (χ2v) is 5.61. The van der Waals surface area contributed by atoms with Crippen molar-refractivity contribution in [2.75, 3.05) is 5.73 Å². The highest BCUT2D eigenvalue weighted by atomic mass is 32.1. The largest absolute Gasteiger partial charge is 0.375 e. The number of nitrogens with two attached hydrogens (primary N) is 1. The fraction of sp³-hybridized carbons (Fsp3) is 0.0625. The summed E-state index contributed by atoms with van der Waals surface area (Å²) in [6.45, 7) is 2.02. The van der Waals surface area contributed by atoms with Crippen LogP contribution in [0.4, 0.5) is 9.52 Å². The highest BCUT2D eigenvalue weighted by Gasteiger charge is 2.16. The van der Waals surface area contributed by atoms with Crippen molar-refractivity contribution in [3.8, 4) is 21.7 Å². The molecule has 4 heteroatoms. The van der Waals surface area contributed by atoms with Crippen LogP contribution in [0, 0.1) is 12.7 Å². The van der Waals surface area contributed by atoms with E-state index in [1.54, 1.807) is 12.1 Å². The molecule has 2 aromatic carbocycles. The van der Waals surface area contributed by atoms with E-state index in [0.29, 0.717) is 10.7 Å². The lowest BCUT2D eigenvalue weighted by Crippen LogP contribution is -1.86. The molecule has 20 heavy (non-hydrogen) atoms. The number of benzene rings is 2. The Balaban J connectivity index is 2.18. The number of thiazole rings is 1. The number of hydrogen-bond donors (Lipinski definition) is 1. The summed E-state index contributed by atoms with van der Waals surface area (Å²) >= 11 is 1.31. The monoisotopic (exact) mass is 284 g/mol. The summed E-state index contributed by atoms with van der Waals surface area (Å²) in [6.07, 6.45) is 0. The zero-order valence-corrected chi connectivity index (χ0v) is 11.7. The molecule has 0 atom stereocenters. The Morgan fingerprint density at radius 2 is 1.75 bits per heavy atom. The van der Waals surface area contributed by atoms with Gasteiger partial charge in [0.25, 0.3) is 0 Å². The Kier molecular flexibility index (Phi) is 3.24. The number of nitrogens with zero attached hydrogens (tertiary/aromatic N) is 1. The van der Waals surface area contributed by atoms with Crippen molar-refractivity contribution in [3.63, 3.8) is 0 Å². The lowest BCUT2D eigenvalue weighted by molar-refractivity contribution is 0.631. The van der Waals surface area contributed by atoms with Gasteiger partial charge in [-0.15, -0.1) is 0 Å². The molecule has 0 fully saturated rings. The Hall–Kier alpha value is -2.20. The Morgan fingerprint density at radius 3 is 2.45 bits per heavy atom.